The lowest BCUT2D eigenvalue weighted by Crippen LogP contribution is -2.33. The highest BCUT2D eigenvalue weighted by molar-refractivity contribution is 7.15. The Hall–Kier alpha value is -1.53. The number of hydrogen-bond acceptors (Lipinski definition) is 4. The van der Waals surface area contributed by atoms with Crippen molar-refractivity contribution < 1.29 is 8.78 Å². The Bertz CT molecular complexity index is 629. The highest BCUT2D eigenvalue weighted by Crippen LogP contribution is 2.34. The van der Waals surface area contributed by atoms with E-state index in [1.165, 1.54) is 17.4 Å². The Labute approximate surface area is 126 Å². The van der Waals surface area contributed by atoms with Crippen LogP contribution in [0, 0.1) is 11.6 Å². The topological polar surface area (TPSA) is 42.1 Å². The maximum Gasteiger partial charge on any atom is 0.180 e. The second-order valence-electron chi connectivity index (χ2n) is 5.31. The molecule has 3 nitrogen and oxygen atoms in total. The number of thiazole rings is 1. The summed E-state index contributed by atoms with van der Waals surface area (Å²) in [4.78, 5) is 7.36. The molecule has 0 bridgehead atoms. The minimum absolute atomic E-state index is 0.0114. The van der Waals surface area contributed by atoms with E-state index < -0.39 is 11.6 Å². The molecule has 0 saturated carbocycles. The zero-order valence-corrected chi connectivity index (χ0v) is 12.4. The lowest BCUT2D eigenvalue weighted by Gasteiger charge is -2.35. The van der Waals surface area contributed by atoms with Gasteiger partial charge in [0.2, 0.25) is 0 Å². The van der Waals surface area contributed by atoms with Crippen LogP contribution in [0.1, 0.15) is 35.7 Å². The zero-order valence-electron chi connectivity index (χ0n) is 11.6. The van der Waals surface area contributed by atoms with Crippen LogP contribution in [-0.4, -0.2) is 16.4 Å². The molecule has 1 aliphatic heterocycles. The van der Waals surface area contributed by atoms with Gasteiger partial charge in [-0.2, -0.15) is 0 Å². The van der Waals surface area contributed by atoms with Gasteiger partial charge in [-0.1, -0.05) is 12.5 Å². The molecule has 0 aliphatic carbocycles. The molecule has 1 aromatic carbocycles. The molecule has 2 aromatic rings. The van der Waals surface area contributed by atoms with E-state index in [0.29, 0.717) is 17.2 Å². The SMILES string of the molecule is Nc1ncc(CN2CCCCC2c2ccc(F)cc2F)s1. The predicted molar refractivity (Wildman–Crippen MR) is 79.9 cm³/mol. The van der Waals surface area contributed by atoms with Gasteiger partial charge >= 0.3 is 0 Å². The van der Waals surface area contributed by atoms with E-state index in [4.69, 9.17) is 5.73 Å². The molecule has 1 atom stereocenters. The first-order valence-electron chi connectivity index (χ1n) is 7.02. The Kier molecular flexibility index (Phi) is 4.17. The average molecular weight is 309 g/mol. The molecule has 1 aliphatic rings. The van der Waals surface area contributed by atoms with Crippen LogP contribution in [0.3, 0.4) is 0 Å². The fourth-order valence-electron chi connectivity index (χ4n) is 2.90. The summed E-state index contributed by atoms with van der Waals surface area (Å²) < 4.78 is 27.1. The van der Waals surface area contributed by atoms with Gasteiger partial charge in [0.1, 0.15) is 11.6 Å². The number of nitrogen functional groups attached to an aromatic ring is 1. The van der Waals surface area contributed by atoms with E-state index in [0.717, 1.165) is 36.8 Å². The lowest BCUT2D eigenvalue weighted by molar-refractivity contribution is 0.138. The first-order valence-corrected chi connectivity index (χ1v) is 7.84. The summed E-state index contributed by atoms with van der Waals surface area (Å²) in [6, 6.07) is 3.85. The lowest BCUT2D eigenvalue weighted by atomic mass is 9.94. The van der Waals surface area contributed by atoms with Crippen LogP contribution in [0.5, 0.6) is 0 Å². The van der Waals surface area contributed by atoms with Crippen molar-refractivity contribution in [1.82, 2.24) is 9.88 Å². The van der Waals surface area contributed by atoms with Gasteiger partial charge in [0.25, 0.3) is 0 Å². The highest BCUT2D eigenvalue weighted by Gasteiger charge is 2.26. The van der Waals surface area contributed by atoms with Crippen LogP contribution in [0.15, 0.2) is 24.4 Å². The van der Waals surface area contributed by atoms with E-state index in [1.807, 2.05) is 0 Å². The van der Waals surface area contributed by atoms with E-state index in [2.05, 4.69) is 9.88 Å². The summed E-state index contributed by atoms with van der Waals surface area (Å²) in [5.74, 6) is -0.996. The average Bonchev–Trinajstić information content (AvgIpc) is 2.85. The number of anilines is 1. The third kappa shape index (κ3) is 3.22. The van der Waals surface area contributed by atoms with Gasteiger partial charge in [-0.05, 0) is 25.5 Å². The Balaban J connectivity index is 1.83. The Morgan fingerprint density at radius 3 is 2.90 bits per heavy atom. The maximum atomic E-state index is 14.1. The molecular weight excluding hydrogens is 292 g/mol. The van der Waals surface area contributed by atoms with Crippen molar-refractivity contribution in [2.75, 3.05) is 12.3 Å². The highest BCUT2D eigenvalue weighted by atomic mass is 32.1. The van der Waals surface area contributed by atoms with Gasteiger partial charge in [-0.25, -0.2) is 13.8 Å². The zero-order chi connectivity index (χ0) is 14.8. The largest absolute Gasteiger partial charge is 0.375 e. The monoisotopic (exact) mass is 309 g/mol. The molecule has 6 heteroatoms. The number of rotatable bonds is 3. The number of hydrogen-bond donors (Lipinski definition) is 1. The van der Waals surface area contributed by atoms with Crippen molar-refractivity contribution in [3.63, 3.8) is 0 Å². The summed E-state index contributed by atoms with van der Waals surface area (Å²) in [7, 11) is 0. The van der Waals surface area contributed by atoms with Crippen LogP contribution in [-0.2, 0) is 6.54 Å². The van der Waals surface area contributed by atoms with E-state index in [1.54, 1.807) is 12.3 Å². The molecule has 0 amide bonds. The van der Waals surface area contributed by atoms with Crippen LogP contribution in [0.2, 0.25) is 0 Å². The van der Waals surface area contributed by atoms with Gasteiger partial charge in [-0.15, -0.1) is 11.3 Å². The maximum absolute atomic E-state index is 14.1. The molecule has 21 heavy (non-hydrogen) atoms. The quantitative estimate of drug-likeness (QED) is 0.939. The smallest absolute Gasteiger partial charge is 0.180 e. The number of nitrogens with zero attached hydrogens (tertiary/aromatic N) is 2. The van der Waals surface area contributed by atoms with Crippen LogP contribution >= 0.6 is 11.3 Å². The van der Waals surface area contributed by atoms with Crippen molar-refractivity contribution in [3.8, 4) is 0 Å². The molecule has 2 N–H and O–H groups in total. The predicted octanol–water partition coefficient (Wildman–Crippen LogP) is 3.73. The molecule has 1 unspecified atom stereocenters. The van der Waals surface area contributed by atoms with Gasteiger partial charge in [0.05, 0.1) is 0 Å². The number of aromatic nitrogens is 1. The molecule has 0 radical (unpaired) electrons. The fraction of sp³-hybridized carbons (Fsp3) is 0.400. The third-order valence-corrected chi connectivity index (χ3v) is 4.68. The van der Waals surface area contributed by atoms with Gasteiger partial charge in [-0.3, -0.25) is 4.90 Å². The summed E-state index contributed by atoms with van der Waals surface area (Å²) in [5.41, 5.74) is 6.23. The summed E-state index contributed by atoms with van der Waals surface area (Å²) >= 11 is 1.46. The van der Waals surface area contributed by atoms with Gasteiger partial charge in [0.15, 0.2) is 5.13 Å². The minimum atomic E-state index is -0.533. The molecule has 112 valence electrons. The first-order chi connectivity index (χ1) is 10.1. The van der Waals surface area contributed by atoms with Crippen molar-refractivity contribution in [2.45, 2.75) is 31.8 Å². The molecular formula is C15H17F2N3S. The van der Waals surface area contributed by atoms with E-state index in [-0.39, 0.29) is 6.04 Å². The van der Waals surface area contributed by atoms with E-state index >= 15 is 0 Å². The second kappa shape index (κ2) is 6.07. The molecule has 2 heterocycles. The van der Waals surface area contributed by atoms with Gasteiger partial charge < -0.3 is 5.73 Å². The molecule has 1 aromatic heterocycles. The van der Waals surface area contributed by atoms with Crippen LogP contribution in [0.4, 0.5) is 13.9 Å². The summed E-state index contributed by atoms with van der Waals surface area (Å²) in [6.45, 7) is 1.61. The Morgan fingerprint density at radius 2 is 2.19 bits per heavy atom. The van der Waals surface area contributed by atoms with Crippen molar-refractivity contribution in [1.29, 1.82) is 0 Å². The van der Waals surface area contributed by atoms with Crippen molar-refractivity contribution in [3.05, 3.63) is 46.5 Å². The van der Waals surface area contributed by atoms with Crippen LogP contribution in [0.25, 0.3) is 0 Å². The first kappa shape index (κ1) is 14.4. The third-order valence-electron chi connectivity index (χ3n) is 3.87. The van der Waals surface area contributed by atoms with Crippen LogP contribution < -0.4 is 5.73 Å². The van der Waals surface area contributed by atoms with E-state index in [9.17, 15) is 8.78 Å². The number of benzene rings is 1. The minimum Gasteiger partial charge on any atom is -0.375 e. The number of piperidine rings is 1. The fourth-order valence-corrected chi connectivity index (χ4v) is 3.61. The molecule has 1 saturated heterocycles. The molecule has 0 spiro atoms. The Morgan fingerprint density at radius 1 is 1.33 bits per heavy atom. The standard InChI is InChI=1S/C15H17F2N3S/c16-10-4-5-12(13(17)7-10)14-3-1-2-6-20(14)9-11-8-19-15(18)21-11/h4-5,7-8,14H,1-3,6,9H2,(H2,18,19). The second-order valence-corrected chi connectivity index (χ2v) is 6.46. The molecule has 1 fully saturated rings. The summed E-state index contributed by atoms with van der Waals surface area (Å²) in [6.07, 6.45) is 4.81. The van der Waals surface area contributed by atoms with Crippen molar-refractivity contribution in [2.24, 2.45) is 0 Å². The molecule has 3 rings (SSSR count). The number of nitrogens with two attached hydrogens (primary N) is 1. The number of halogens is 2. The van der Waals surface area contributed by atoms with Crippen molar-refractivity contribution >= 4 is 16.5 Å². The normalized spacial score (nSPS) is 19.8. The summed E-state index contributed by atoms with van der Waals surface area (Å²) in [5, 5.41) is 0.548. The number of likely N-dealkylation sites (tertiary alicyclic amines) is 1. The van der Waals surface area contributed by atoms with Gasteiger partial charge in [0, 0.05) is 35.3 Å².